The van der Waals surface area contributed by atoms with Crippen molar-refractivity contribution in [2.24, 2.45) is 0 Å². The number of halogens is 1. The lowest BCUT2D eigenvalue weighted by Gasteiger charge is -2.03. The Hall–Kier alpha value is -1.74. The lowest BCUT2D eigenvalue weighted by atomic mass is 10.2. The van der Waals surface area contributed by atoms with Gasteiger partial charge in [0.15, 0.2) is 0 Å². The molecule has 3 rings (SSSR count). The molecule has 3 aromatic rings. The Kier molecular flexibility index (Phi) is 1.85. The molecule has 0 saturated heterocycles. The molecule has 4 heteroatoms. The van der Waals surface area contributed by atoms with Crippen LogP contribution in [0.15, 0.2) is 39.5 Å². The second kappa shape index (κ2) is 3.12. The number of hydrogen-bond donors (Lipinski definition) is 0. The van der Waals surface area contributed by atoms with Crippen LogP contribution in [-0.2, 0) is 0 Å². The molecule has 1 aromatic carbocycles. The number of hydrogen-bond acceptors (Lipinski definition) is 2. The van der Waals surface area contributed by atoms with Gasteiger partial charge in [-0.1, -0.05) is 11.6 Å². The van der Waals surface area contributed by atoms with Gasteiger partial charge < -0.3 is 4.42 Å². The van der Waals surface area contributed by atoms with Crippen LogP contribution < -0.4 is 5.63 Å². The predicted octanol–water partition coefficient (Wildman–Crippen LogP) is 3.01. The molecular formula is C12H8ClNO2. The number of rotatable bonds is 0. The highest BCUT2D eigenvalue weighted by Gasteiger charge is 2.08. The summed E-state index contributed by atoms with van der Waals surface area (Å²) in [5, 5.41) is 1.03. The Bertz CT molecular complexity index is 755. The molecule has 0 aliphatic heterocycles. The van der Waals surface area contributed by atoms with Crippen molar-refractivity contribution in [2.75, 3.05) is 0 Å². The molecule has 0 amide bonds. The van der Waals surface area contributed by atoms with E-state index < -0.39 is 0 Å². The molecular weight excluding hydrogens is 226 g/mol. The van der Waals surface area contributed by atoms with Crippen molar-refractivity contribution in [3.05, 3.63) is 51.5 Å². The smallest absolute Gasteiger partial charge is 0.347 e. The average molecular weight is 234 g/mol. The van der Waals surface area contributed by atoms with Crippen LogP contribution in [0, 0.1) is 6.92 Å². The fourth-order valence-corrected chi connectivity index (χ4v) is 2.09. The van der Waals surface area contributed by atoms with Crippen LogP contribution in [0.3, 0.4) is 0 Å². The summed E-state index contributed by atoms with van der Waals surface area (Å²) >= 11 is 5.87. The molecule has 16 heavy (non-hydrogen) atoms. The Morgan fingerprint density at radius 1 is 1.25 bits per heavy atom. The van der Waals surface area contributed by atoms with E-state index in [2.05, 4.69) is 0 Å². The summed E-state index contributed by atoms with van der Waals surface area (Å²) in [6.07, 6.45) is 0. The van der Waals surface area contributed by atoms with E-state index in [0.717, 1.165) is 11.2 Å². The third-order valence-electron chi connectivity index (χ3n) is 2.66. The minimum absolute atomic E-state index is 0.358. The van der Waals surface area contributed by atoms with Gasteiger partial charge in [-0.25, -0.2) is 4.79 Å². The summed E-state index contributed by atoms with van der Waals surface area (Å²) in [6.45, 7) is 1.96. The molecule has 0 N–H and O–H groups in total. The molecule has 0 unspecified atom stereocenters. The number of aromatic nitrogens is 1. The normalized spacial score (nSPS) is 11.4. The van der Waals surface area contributed by atoms with Crippen LogP contribution in [0.5, 0.6) is 0 Å². The first-order valence-electron chi connectivity index (χ1n) is 4.87. The van der Waals surface area contributed by atoms with Gasteiger partial charge in [-0.05, 0) is 31.2 Å². The van der Waals surface area contributed by atoms with Crippen molar-refractivity contribution in [3.8, 4) is 0 Å². The quantitative estimate of drug-likeness (QED) is 0.598. The second-order valence-electron chi connectivity index (χ2n) is 3.70. The molecule has 0 spiro atoms. The molecule has 0 aliphatic carbocycles. The largest absolute Gasteiger partial charge is 0.405 e. The molecule has 2 aromatic heterocycles. The van der Waals surface area contributed by atoms with Crippen LogP contribution in [0.4, 0.5) is 0 Å². The Balaban J connectivity index is 2.68. The van der Waals surface area contributed by atoms with Gasteiger partial charge in [0.25, 0.3) is 0 Å². The van der Waals surface area contributed by atoms with E-state index in [1.807, 2.05) is 23.5 Å². The molecule has 3 nitrogen and oxygen atoms in total. The van der Waals surface area contributed by atoms with Crippen molar-refractivity contribution < 1.29 is 4.42 Å². The fraction of sp³-hybridized carbons (Fsp3) is 0.0833. The summed E-state index contributed by atoms with van der Waals surface area (Å²) in [4.78, 5) is 11.7. The number of nitrogens with zero attached hydrogens (tertiary/aromatic N) is 1. The van der Waals surface area contributed by atoms with E-state index in [0.29, 0.717) is 16.1 Å². The molecule has 80 valence electrons. The van der Waals surface area contributed by atoms with Gasteiger partial charge in [-0.3, -0.25) is 4.40 Å². The summed E-state index contributed by atoms with van der Waals surface area (Å²) in [5.41, 5.74) is 2.03. The van der Waals surface area contributed by atoms with Gasteiger partial charge >= 0.3 is 5.63 Å². The maximum absolute atomic E-state index is 11.7. The van der Waals surface area contributed by atoms with E-state index in [9.17, 15) is 4.79 Å². The van der Waals surface area contributed by atoms with Gasteiger partial charge in [0.2, 0.25) is 5.71 Å². The summed E-state index contributed by atoms with van der Waals surface area (Å²) in [7, 11) is 0. The Morgan fingerprint density at radius 3 is 2.88 bits per heavy atom. The summed E-state index contributed by atoms with van der Waals surface area (Å²) in [6, 6.07) is 8.91. The van der Waals surface area contributed by atoms with Crippen LogP contribution in [0.25, 0.3) is 16.6 Å². The van der Waals surface area contributed by atoms with Crippen molar-refractivity contribution in [2.45, 2.75) is 6.92 Å². The molecule has 0 saturated carbocycles. The van der Waals surface area contributed by atoms with Gasteiger partial charge in [-0.2, -0.15) is 0 Å². The predicted molar refractivity (Wildman–Crippen MR) is 63.2 cm³/mol. The first kappa shape index (κ1) is 9.48. The van der Waals surface area contributed by atoms with Crippen LogP contribution in [0.2, 0.25) is 5.02 Å². The Labute approximate surface area is 95.9 Å². The van der Waals surface area contributed by atoms with E-state index in [1.165, 1.54) is 0 Å². The highest BCUT2D eigenvalue weighted by atomic mass is 35.5. The highest BCUT2D eigenvalue weighted by Crippen LogP contribution is 2.20. The molecule has 2 heterocycles. The topological polar surface area (TPSA) is 34.6 Å². The fourth-order valence-electron chi connectivity index (χ4n) is 1.92. The van der Waals surface area contributed by atoms with Gasteiger partial charge in [0, 0.05) is 16.8 Å². The molecule has 0 aliphatic rings. The second-order valence-corrected chi connectivity index (χ2v) is 4.14. The first-order valence-corrected chi connectivity index (χ1v) is 5.25. The SMILES string of the molecule is Cc1ccc2oc(=O)c3cc(Cl)ccc3n12. The van der Waals surface area contributed by atoms with Crippen molar-refractivity contribution in [1.29, 1.82) is 0 Å². The lowest BCUT2D eigenvalue weighted by Crippen LogP contribution is -2.03. The Morgan fingerprint density at radius 2 is 2.06 bits per heavy atom. The van der Waals surface area contributed by atoms with Crippen molar-refractivity contribution in [3.63, 3.8) is 0 Å². The van der Waals surface area contributed by atoms with E-state index >= 15 is 0 Å². The zero-order valence-electron chi connectivity index (χ0n) is 8.53. The van der Waals surface area contributed by atoms with E-state index in [1.54, 1.807) is 18.2 Å². The average Bonchev–Trinajstić information content (AvgIpc) is 2.61. The molecule has 0 fully saturated rings. The summed E-state index contributed by atoms with van der Waals surface area (Å²) < 4.78 is 7.10. The van der Waals surface area contributed by atoms with Crippen molar-refractivity contribution >= 4 is 28.2 Å². The van der Waals surface area contributed by atoms with Gasteiger partial charge in [0.1, 0.15) is 0 Å². The minimum Gasteiger partial charge on any atom is -0.405 e. The van der Waals surface area contributed by atoms with Gasteiger partial charge in [-0.15, -0.1) is 0 Å². The molecule has 0 radical (unpaired) electrons. The summed E-state index contributed by atoms with van der Waals surface area (Å²) in [5.74, 6) is 0. The third-order valence-corrected chi connectivity index (χ3v) is 2.89. The monoisotopic (exact) mass is 233 g/mol. The highest BCUT2D eigenvalue weighted by molar-refractivity contribution is 6.31. The standard InChI is InChI=1S/C12H8ClNO2/c1-7-2-5-11-14(7)10-4-3-8(13)6-9(10)12(15)16-11/h2-6H,1H3. The van der Waals surface area contributed by atoms with Gasteiger partial charge in [0.05, 0.1) is 10.9 Å². The first-order chi connectivity index (χ1) is 7.66. The van der Waals surface area contributed by atoms with E-state index in [4.69, 9.17) is 16.0 Å². The minimum atomic E-state index is -0.358. The van der Waals surface area contributed by atoms with Crippen LogP contribution >= 0.6 is 11.6 Å². The number of fused-ring (bicyclic) bond motifs is 3. The molecule has 0 atom stereocenters. The zero-order valence-corrected chi connectivity index (χ0v) is 9.28. The number of aryl methyl sites for hydroxylation is 1. The lowest BCUT2D eigenvalue weighted by molar-refractivity contribution is 0.548. The number of benzene rings is 1. The van der Waals surface area contributed by atoms with Crippen LogP contribution in [0.1, 0.15) is 5.69 Å². The maximum Gasteiger partial charge on any atom is 0.347 e. The van der Waals surface area contributed by atoms with E-state index in [-0.39, 0.29) is 5.63 Å². The maximum atomic E-state index is 11.7. The van der Waals surface area contributed by atoms with Crippen LogP contribution in [-0.4, -0.2) is 4.40 Å². The third kappa shape index (κ3) is 1.18. The molecule has 0 bridgehead atoms. The zero-order chi connectivity index (χ0) is 11.3. The van der Waals surface area contributed by atoms with Crippen molar-refractivity contribution in [1.82, 2.24) is 4.40 Å².